The van der Waals surface area contributed by atoms with Crippen LogP contribution in [0.15, 0.2) is 42.5 Å². The minimum Gasteiger partial charge on any atom is -0.508 e. The quantitative estimate of drug-likeness (QED) is 0.851. The summed E-state index contributed by atoms with van der Waals surface area (Å²) >= 11 is 0. The van der Waals surface area contributed by atoms with E-state index in [0.717, 1.165) is 18.4 Å². The van der Waals surface area contributed by atoms with Crippen LogP contribution in [0.5, 0.6) is 11.5 Å². The summed E-state index contributed by atoms with van der Waals surface area (Å²) in [6, 6.07) is 11.4. The first-order chi connectivity index (χ1) is 9.60. The molecule has 1 unspecified atom stereocenters. The molecule has 20 heavy (non-hydrogen) atoms. The van der Waals surface area contributed by atoms with Crippen molar-refractivity contribution < 1.29 is 14.2 Å². The predicted octanol–water partition coefficient (Wildman–Crippen LogP) is 4.77. The molecule has 0 saturated carbocycles. The van der Waals surface area contributed by atoms with E-state index in [-0.39, 0.29) is 17.7 Å². The molecule has 0 saturated heterocycles. The summed E-state index contributed by atoms with van der Waals surface area (Å²) in [6.45, 7) is 4.07. The number of phenols is 1. The molecule has 1 atom stereocenters. The largest absolute Gasteiger partial charge is 0.508 e. The second-order valence-electron chi connectivity index (χ2n) is 4.91. The first-order valence-corrected chi connectivity index (χ1v) is 6.85. The standard InChI is InChI=1S/C17H19FO2/c1-3-4-12(2)20-15-9-10-16(17(18)11-15)13-5-7-14(19)8-6-13/h5-12,19H,3-4H2,1-2H3. The van der Waals surface area contributed by atoms with Gasteiger partial charge in [-0.1, -0.05) is 25.5 Å². The molecule has 2 rings (SSSR count). The van der Waals surface area contributed by atoms with Crippen LogP contribution in [0.4, 0.5) is 4.39 Å². The minimum atomic E-state index is -0.322. The molecule has 0 spiro atoms. The lowest BCUT2D eigenvalue weighted by atomic mass is 10.0. The topological polar surface area (TPSA) is 29.5 Å². The molecule has 0 amide bonds. The highest BCUT2D eigenvalue weighted by Crippen LogP contribution is 2.28. The van der Waals surface area contributed by atoms with Gasteiger partial charge in [0.25, 0.3) is 0 Å². The number of phenolic OH excluding ortho intramolecular Hbond substituents is 1. The molecule has 0 radical (unpaired) electrons. The van der Waals surface area contributed by atoms with Gasteiger partial charge >= 0.3 is 0 Å². The zero-order chi connectivity index (χ0) is 14.5. The fourth-order valence-electron chi connectivity index (χ4n) is 2.14. The summed E-state index contributed by atoms with van der Waals surface area (Å²) in [6.07, 6.45) is 2.07. The van der Waals surface area contributed by atoms with Crippen molar-refractivity contribution in [1.29, 1.82) is 0 Å². The molecule has 0 aliphatic heterocycles. The van der Waals surface area contributed by atoms with E-state index in [0.29, 0.717) is 11.3 Å². The number of halogens is 1. The molecule has 0 aliphatic rings. The molecule has 0 heterocycles. The monoisotopic (exact) mass is 274 g/mol. The van der Waals surface area contributed by atoms with Crippen molar-refractivity contribution in [2.45, 2.75) is 32.8 Å². The molecular formula is C17H19FO2. The summed E-state index contributed by atoms with van der Waals surface area (Å²) in [7, 11) is 0. The third-order valence-corrected chi connectivity index (χ3v) is 3.15. The Kier molecular flexibility index (Phi) is 4.61. The Morgan fingerprint density at radius 3 is 2.45 bits per heavy atom. The number of benzene rings is 2. The van der Waals surface area contributed by atoms with Crippen LogP contribution in [0.25, 0.3) is 11.1 Å². The van der Waals surface area contributed by atoms with E-state index < -0.39 is 0 Å². The molecule has 106 valence electrons. The Bertz CT molecular complexity index is 564. The van der Waals surface area contributed by atoms with Crippen LogP contribution >= 0.6 is 0 Å². The SMILES string of the molecule is CCCC(C)Oc1ccc(-c2ccc(O)cc2)c(F)c1. The summed E-state index contributed by atoms with van der Waals surface area (Å²) < 4.78 is 19.8. The molecule has 0 aliphatic carbocycles. The molecule has 1 N–H and O–H groups in total. The van der Waals surface area contributed by atoms with Crippen LogP contribution in [0.3, 0.4) is 0 Å². The highest BCUT2D eigenvalue weighted by Gasteiger charge is 2.09. The fraction of sp³-hybridized carbons (Fsp3) is 0.294. The van der Waals surface area contributed by atoms with E-state index in [9.17, 15) is 9.50 Å². The number of hydrogen-bond acceptors (Lipinski definition) is 2. The molecule has 2 nitrogen and oxygen atoms in total. The molecule has 3 heteroatoms. The molecule has 2 aromatic rings. The third-order valence-electron chi connectivity index (χ3n) is 3.15. The van der Waals surface area contributed by atoms with Gasteiger partial charge in [-0.05, 0) is 43.2 Å². The van der Waals surface area contributed by atoms with Gasteiger partial charge < -0.3 is 9.84 Å². The molecule has 0 aromatic heterocycles. The summed E-state index contributed by atoms with van der Waals surface area (Å²) in [4.78, 5) is 0. The number of aromatic hydroxyl groups is 1. The Balaban J connectivity index is 2.19. The van der Waals surface area contributed by atoms with Crippen LogP contribution < -0.4 is 4.74 Å². The Morgan fingerprint density at radius 2 is 1.85 bits per heavy atom. The maximum atomic E-state index is 14.1. The first kappa shape index (κ1) is 14.4. The Labute approximate surface area is 118 Å². The highest BCUT2D eigenvalue weighted by atomic mass is 19.1. The lowest BCUT2D eigenvalue weighted by molar-refractivity contribution is 0.209. The summed E-state index contributed by atoms with van der Waals surface area (Å²) in [5.74, 6) is 0.394. The lowest BCUT2D eigenvalue weighted by Gasteiger charge is -2.14. The Morgan fingerprint density at radius 1 is 1.15 bits per heavy atom. The van der Waals surface area contributed by atoms with Gasteiger partial charge in [-0.25, -0.2) is 4.39 Å². The van der Waals surface area contributed by atoms with Crippen molar-refractivity contribution in [3.8, 4) is 22.6 Å². The third kappa shape index (κ3) is 3.50. The van der Waals surface area contributed by atoms with Crippen LogP contribution in [-0.2, 0) is 0 Å². The smallest absolute Gasteiger partial charge is 0.134 e. The number of hydrogen-bond donors (Lipinski definition) is 1. The average Bonchev–Trinajstić information content (AvgIpc) is 2.40. The van der Waals surface area contributed by atoms with Crippen molar-refractivity contribution in [3.63, 3.8) is 0 Å². The minimum absolute atomic E-state index is 0.0823. The average molecular weight is 274 g/mol. The fourth-order valence-corrected chi connectivity index (χ4v) is 2.14. The molecule has 0 fully saturated rings. The predicted molar refractivity (Wildman–Crippen MR) is 78.5 cm³/mol. The molecule has 2 aromatic carbocycles. The zero-order valence-corrected chi connectivity index (χ0v) is 11.8. The Hall–Kier alpha value is -2.03. The molecule has 0 bridgehead atoms. The van der Waals surface area contributed by atoms with Crippen LogP contribution in [0.2, 0.25) is 0 Å². The van der Waals surface area contributed by atoms with Gasteiger partial charge in [0, 0.05) is 11.6 Å². The lowest BCUT2D eigenvalue weighted by Crippen LogP contribution is -2.11. The first-order valence-electron chi connectivity index (χ1n) is 6.85. The van der Waals surface area contributed by atoms with E-state index in [1.807, 2.05) is 6.92 Å². The van der Waals surface area contributed by atoms with Crippen molar-refractivity contribution in [1.82, 2.24) is 0 Å². The van der Waals surface area contributed by atoms with Crippen molar-refractivity contribution in [3.05, 3.63) is 48.3 Å². The van der Waals surface area contributed by atoms with Gasteiger partial charge in [0.1, 0.15) is 17.3 Å². The second kappa shape index (κ2) is 6.42. The van der Waals surface area contributed by atoms with E-state index in [1.165, 1.54) is 6.07 Å². The van der Waals surface area contributed by atoms with E-state index in [2.05, 4.69) is 6.92 Å². The van der Waals surface area contributed by atoms with Crippen molar-refractivity contribution >= 4 is 0 Å². The van der Waals surface area contributed by atoms with Gasteiger partial charge in [0.15, 0.2) is 0 Å². The van der Waals surface area contributed by atoms with Crippen LogP contribution in [0, 0.1) is 5.82 Å². The van der Waals surface area contributed by atoms with Gasteiger partial charge in [-0.2, -0.15) is 0 Å². The maximum absolute atomic E-state index is 14.1. The van der Waals surface area contributed by atoms with E-state index in [1.54, 1.807) is 36.4 Å². The van der Waals surface area contributed by atoms with Crippen molar-refractivity contribution in [2.75, 3.05) is 0 Å². The van der Waals surface area contributed by atoms with Crippen LogP contribution in [0.1, 0.15) is 26.7 Å². The maximum Gasteiger partial charge on any atom is 0.134 e. The van der Waals surface area contributed by atoms with Gasteiger partial charge in [0.05, 0.1) is 6.10 Å². The normalized spacial score (nSPS) is 12.2. The van der Waals surface area contributed by atoms with Gasteiger partial charge in [0.2, 0.25) is 0 Å². The van der Waals surface area contributed by atoms with E-state index >= 15 is 0 Å². The summed E-state index contributed by atoms with van der Waals surface area (Å²) in [5, 5.41) is 9.25. The van der Waals surface area contributed by atoms with Crippen LogP contribution in [-0.4, -0.2) is 11.2 Å². The number of rotatable bonds is 5. The van der Waals surface area contributed by atoms with Crippen molar-refractivity contribution in [2.24, 2.45) is 0 Å². The number of ether oxygens (including phenoxy) is 1. The van der Waals surface area contributed by atoms with Gasteiger partial charge in [-0.15, -0.1) is 0 Å². The van der Waals surface area contributed by atoms with E-state index in [4.69, 9.17) is 4.74 Å². The highest BCUT2D eigenvalue weighted by molar-refractivity contribution is 5.65. The summed E-state index contributed by atoms with van der Waals surface area (Å²) in [5.41, 5.74) is 1.23. The molecular weight excluding hydrogens is 255 g/mol. The second-order valence-corrected chi connectivity index (χ2v) is 4.91. The zero-order valence-electron chi connectivity index (χ0n) is 11.8. The van der Waals surface area contributed by atoms with Gasteiger partial charge in [-0.3, -0.25) is 0 Å².